The summed E-state index contributed by atoms with van der Waals surface area (Å²) in [5, 5.41) is 19.7. The van der Waals surface area contributed by atoms with Crippen LogP contribution in [0.15, 0.2) is 60.7 Å². The van der Waals surface area contributed by atoms with Gasteiger partial charge in [-0.3, -0.25) is 0 Å². The average Bonchev–Trinajstić information content (AvgIpc) is 2.39. The number of aliphatic hydroxyl groups is 1. The van der Waals surface area contributed by atoms with Gasteiger partial charge < -0.3 is 15.7 Å². The number of carboxylic acid groups (broad SMARTS) is 1. The van der Waals surface area contributed by atoms with Gasteiger partial charge in [0.1, 0.15) is 0 Å². The molecule has 0 heterocycles. The molecule has 2 aromatic rings. The first-order valence-electron chi connectivity index (χ1n) is 5.22. The highest BCUT2D eigenvalue weighted by atomic mass is 16.4. The summed E-state index contributed by atoms with van der Waals surface area (Å²) in [5.74, 6) is -1.28. The molecular formula is C14H14O4. The molecule has 2 rings (SSSR count). The zero-order chi connectivity index (χ0) is 12.3. The summed E-state index contributed by atoms with van der Waals surface area (Å²) >= 11 is 0. The van der Waals surface area contributed by atoms with E-state index >= 15 is 0 Å². The molecule has 2 aromatic carbocycles. The van der Waals surface area contributed by atoms with Crippen molar-refractivity contribution >= 4 is 5.97 Å². The van der Waals surface area contributed by atoms with Gasteiger partial charge in [0.2, 0.25) is 5.60 Å². The first-order valence-corrected chi connectivity index (χ1v) is 5.22. The van der Waals surface area contributed by atoms with Crippen molar-refractivity contribution in [1.82, 2.24) is 0 Å². The molecule has 0 fully saturated rings. The van der Waals surface area contributed by atoms with Crippen molar-refractivity contribution in [3.8, 4) is 0 Å². The highest BCUT2D eigenvalue weighted by molar-refractivity contribution is 5.83. The lowest BCUT2D eigenvalue weighted by Gasteiger charge is -2.24. The molecule has 0 atom stereocenters. The highest BCUT2D eigenvalue weighted by Gasteiger charge is 2.39. The maximum absolute atomic E-state index is 11.4. The third kappa shape index (κ3) is 2.25. The molecule has 0 spiro atoms. The number of hydrogen-bond acceptors (Lipinski definition) is 2. The fourth-order valence-electron chi connectivity index (χ4n) is 1.77. The third-order valence-electron chi connectivity index (χ3n) is 2.69. The molecule has 0 saturated carbocycles. The lowest BCUT2D eigenvalue weighted by Crippen LogP contribution is -2.36. The predicted molar refractivity (Wildman–Crippen MR) is 67.1 cm³/mol. The Morgan fingerprint density at radius 1 is 0.833 bits per heavy atom. The summed E-state index contributed by atoms with van der Waals surface area (Å²) in [5.41, 5.74) is -1.31. The van der Waals surface area contributed by atoms with Gasteiger partial charge in [-0.15, -0.1) is 0 Å². The normalized spacial score (nSPS) is 10.5. The summed E-state index contributed by atoms with van der Waals surface area (Å²) in [4.78, 5) is 11.4. The van der Waals surface area contributed by atoms with E-state index in [-0.39, 0.29) is 5.48 Å². The minimum atomic E-state index is -2.00. The van der Waals surface area contributed by atoms with Crippen LogP contribution in [0.2, 0.25) is 0 Å². The summed E-state index contributed by atoms with van der Waals surface area (Å²) in [7, 11) is 0. The lowest BCUT2D eigenvalue weighted by molar-refractivity contribution is -0.155. The van der Waals surface area contributed by atoms with E-state index in [1.54, 1.807) is 60.7 Å². The standard InChI is InChI=1S/C14H12O3.H2O/c15-13(16)14(17,11-7-3-1-4-8-11)12-9-5-2-6-10-12;/h1-10,17H,(H,15,16);1H2. The maximum Gasteiger partial charge on any atom is 0.345 e. The van der Waals surface area contributed by atoms with Crippen LogP contribution in [-0.4, -0.2) is 21.7 Å². The van der Waals surface area contributed by atoms with Crippen molar-refractivity contribution in [2.24, 2.45) is 0 Å². The smallest absolute Gasteiger partial charge is 0.345 e. The van der Waals surface area contributed by atoms with E-state index in [1.165, 1.54) is 0 Å². The second-order valence-electron chi connectivity index (χ2n) is 3.75. The fraction of sp³-hybridized carbons (Fsp3) is 0.0714. The van der Waals surface area contributed by atoms with Crippen LogP contribution in [0, 0.1) is 0 Å². The minimum Gasteiger partial charge on any atom is -0.479 e. The Labute approximate surface area is 104 Å². The first-order chi connectivity index (χ1) is 8.15. The van der Waals surface area contributed by atoms with Crippen LogP contribution in [0.5, 0.6) is 0 Å². The number of hydrogen-bond donors (Lipinski definition) is 2. The first kappa shape index (κ1) is 13.9. The van der Waals surface area contributed by atoms with Gasteiger partial charge in [-0.05, 0) is 11.1 Å². The zero-order valence-electron chi connectivity index (χ0n) is 9.58. The van der Waals surface area contributed by atoms with Crippen molar-refractivity contribution in [3.05, 3.63) is 71.8 Å². The van der Waals surface area contributed by atoms with Crippen LogP contribution >= 0.6 is 0 Å². The monoisotopic (exact) mass is 246 g/mol. The predicted octanol–water partition coefficient (Wildman–Crippen LogP) is 1.18. The molecule has 0 amide bonds. The summed E-state index contributed by atoms with van der Waals surface area (Å²) < 4.78 is 0. The highest BCUT2D eigenvalue weighted by Crippen LogP contribution is 2.29. The van der Waals surface area contributed by atoms with E-state index in [9.17, 15) is 15.0 Å². The van der Waals surface area contributed by atoms with Gasteiger partial charge in [-0.2, -0.15) is 0 Å². The fourth-order valence-corrected chi connectivity index (χ4v) is 1.77. The van der Waals surface area contributed by atoms with Crippen molar-refractivity contribution in [1.29, 1.82) is 0 Å². The van der Waals surface area contributed by atoms with Gasteiger partial charge in [0.15, 0.2) is 0 Å². The third-order valence-corrected chi connectivity index (χ3v) is 2.69. The molecule has 0 aliphatic carbocycles. The Hall–Kier alpha value is -2.17. The van der Waals surface area contributed by atoms with Crippen LogP contribution in [0.3, 0.4) is 0 Å². The van der Waals surface area contributed by atoms with Gasteiger partial charge in [0.05, 0.1) is 0 Å². The Bertz CT molecular complexity index is 468. The van der Waals surface area contributed by atoms with E-state index in [0.717, 1.165) is 0 Å². The molecule has 18 heavy (non-hydrogen) atoms. The average molecular weight is 246 g/mol. The molecule has 0 bridgehead atoms. The molecule has 4 nitrogen and oxygen atoms in total. The Balaban J connectivity index is 0.00000162. The van der Waals surface area contributed by atoms with E-state index in [4.69, 9.17) is 0 Å². The van der Waals surface area contributed by atoms with Gasteiger partial charge >= 0.3 is 5.97 Å². The summed E-state index contributed by atoms with van der Waals surface area (Å²) in [6.07, 6.45) is 0. The molecule has 94 valence electrons. The van der Waals surface area contributed by atoms with E-state index in [1.807, 2.05) is 0 Å². The Morgan fingerprint density at radius 2 is 1.17 bits per heavy atom. The van der Waals surface area contributed by atoms with Crippen molar-refractivity contribution in [2.75, 3.05) is 0 Å². The lowest BCUT2D eigenvalue weighted by atomic mass is 9.86. The van der Waals surface area contributed by atoms with Crippen LogP contribution in [-0.2, 0) is 10.4 Å². The van der Waals surface area contributed by atoms with Crippen LogP contribution in [0.1, 0.15) is 11.1 Å². The molecule has 0 aromatic heterocycles. The van der Waals surface area contributed by atoms with E-state index in [0.29, 0.717) is 11.1 Å². The van der Waals surface area contributed by atoms with E-state index < -0.39 is 11.6 Å². The number of rotatable bonds is 3. The molecule has 0 aliphatic rings. The van der Waals surface area contributed by atoms with Crippen LogP contribution in [0.25, 0.3) is 0 Å². The Morgan fingerprint density at radius 3 is 1.44 bits per heavy atom. The largest absolute Gasteiger partial charge is 0.479 e. The molecule has 0 radical (unpaired) electrons. The number of carbonyl (C=O) groups is 1. The summed E-state index contributed by atoms with van der Waals surface area (Å²) in [6.45, 7) is 0. The molecule has 0 aliphatic heterocycles. The van der Waals surface area contributed by atoms with Gasteiger partial charge in [0, 0.05) is 0 Å². The molecule has 0 unspecified atom stereocenters. The van der Waals surface area contributed by atoms with Gasteiger partial charge in [-0.1, -0.05) is 60.7 Å². The zero-order valence-corrected chi connectivity index (χ0v) is 9.58. The van der Waals surface area contributed by atoms with Crippen molar-refractivity contribution < 1.29 is 20.5 Å². The number of aliphatic carboxylic acids is 1. The van der Waals surface area contributed by atoms with Gasteiger partial charge in [-0.25, -0.2) is 4.79 Å². The number of carboxylic acids is 1. The second-order valence-corrected chi connectivity index (χ2v) is 3.75. The van der Waals surface area contributed by atoms with Gasteiger partial charge in [0.25, 0.3) is 0 Å². The number of benzene rings is 2. The second kappa shape index (κ2) is 5.44. The molecule has 0 saturated heterocycles. The molecular weight excluding hydrogens is 232 g/mol. The quantitative estimate of drug-likeness (QED) is 0.852. The molecule has 4 heteroatoms. The van der Waals surface area contributed by atoms with Crippen LogP contribution in [0.4, 0.5) is 0 Å². The topological polar surface area (TPSA) is 89.0 Å². The molecule has 4 N–H and O–H groups in total. The van der Waals surface area contributed by atoms with Crippen molar-refractivity contribution in [2.45, 2.75) is 5.60 Å². The maximum atomic E-state index is 11.4. The van der Waals surface area contributed by atoms with Crippen LogP contribution < -0.4 is 0 Å². The minimum absolute atomic E-state index is 0. The Kier molecular flexibility index (Phi) is 4.20. The summed E-state index contributed by atoms with van der Waals surface area (Å²) in [6, 6.07) is 16.7. The SMILES string of the molecule is O.O=C(O)C(O)(c1ccccc1)c1ccccc1. The van der Waals surface area contributed by atoms with E-state index in [2.05, 4.69) is 0 Å². The van der Waals surface area contributed by atoms with Crippen molar-refractivity contribution in [3.63, 3.8) is 0 Å².